The molecule has 1 saturated carbocycles. The Balaban J connectivity index is 1.41. The Morgan fingerprint density at radius 1 is 1.23 bits per heavy atom. The summed E-state index contributed by atoms with van der Waals surface area (Å²) in [5.41, 5.74) is 1.29. The molecule has 3 atom stereocenters. The third-order valence-electron chi connectivity index (χ3n) is 7.14. The Kier molecular flexibility index (Phi) is 7.51. The first-order valence-corrected chi connectivity index (χ1v) is 12.3. The van der Waals surface area contributed by atoms with Gasteiger partial charge in [0.1, 0.15) is 0 Å². The Morgan fingerprint density at radius 3 is 2.65 bits per heavy atom. The van der Waals surface area contributed by atoms with E-state index < -0.39 is 0 Å². The van der Waals surface area contributed by atoms with Gasteiger partial charge in [0.05, 0.1) is 6.54 Å². The van der Waals surface area contributed by atoms with Crippen LogP contribution >= 0.6 is 0 Å². The quantitative estimate of drug-likeness (QED) is 0.440. The lowest BCUT2D eigenvalue weighted by Crippen LogP contribution is -2.53. The number of likely N-dealkylation sites (tertiary alicyclic amines) is 1. The molecule has 1 aromatic rings. The van der Waals surface area contributed by atoms with Crippen molar-refractivity contribution in [1.82, 2.24) is 20.9 Å². The van der Waals surface area contributed by atoms with Crippen LogP contribution in [0.3, 0.4) is 0 Å². The van der Waals surface area contributed by atoms with Crippen molar-refractivity contribution < 1.29 is 4.74 Å². The first-order chi connectivity index (χ1) is 15.1. The van der Waals surface area contributed by atoms with Crippen LogP contribution in [-0.2, 0) is 4.74 Å². The van der Waals surface area contributed by atoms with Crippen LogP contribution in [0.1, 0.15) is 64.5 Å². The number of guanidine groups is 1. The highest BCUT2D eigenvalue weighted by atomic mass is 16.5. The molecule has 172 valence electrons. The number of benzene rings is 1. The van der Waals surface area contributed by atoms with E-state index in [9.17, 15) is 0 Å². The van der Waals surface area contributed by atoms with Gasteiger partial charge < -0.3 is 20.7 Å². The largest absolute Gasteiger partial charge is 0.381 e. The molecule has 6 heteroatoms. The standard InChI is InChI=1S/C25H41N5O/c1-4-26-24(28-22-16-19(2)30(17-22)23-10-11-23)27-18-25(12-14-31-15-13-25)29-20(3)21-8-6-5-7-9-21/h5-9,19-20,22-23,29H,4,10-18H2,1-3H3,(H2,26,27,28). The second kappa shape index (κ2) is 10.3. The van der Waals surface area contributed by atoms with Gasteiger partial charge >= 0.3 is 0 Å². The zero-order chi connectivity index (χ0) is 21.7. The molecule has 0 amide bonds. The lowest BCUT2D eigenvalue weighted by atomic mass is 9.88. The molecule has 4 rings (SSSR count). The van der Waals surface area contributed by atoms with Gasteiger partial charge in [0.15, 0.2) is 5.96 Å². The van der Waals surface area contributed by atoms with E-state index in [0.717, 1.165) is 57.7 Å². The monoisotopic (exact) mass is 427 g/mol. The first kappa shape index (κ1) is 22.6. The fourth-order valence-electron chi connectivity index (χ4n) is 5.21. The number of aliphatic imine (C=N–C) groups is 1. The van der Waals surface area contributed by atoms with E-state index >= 15 is 0 Å². The molecule has 3 N–H and O–H groups in total. The molecule has 0 radical (unpaired) electrons. The molecule has 3 fully saturated rings. The van der Waals surface area contributed by atoms with Gasteiger partial charge in [-0.3, -0.25) is 9.89 Å². The minimum atomic E-state index is -0.0289. The van der Waals surface area contributed by atoms with Crippen molar-refractivity contribution in [1.29, 1.82) is 0 Å². The Hall–Kier alpha value is -1.63. The molecule has 2 aliphatic heterocycles. The SMILES string of the molecule is CCNC(=NCC1(NC(C)c2ccccc2)CCOCC1)NC1CC(C)N(C2CC2)C1. The summed E-state index contributed by atoms with van der Waals surface area (Å²) in [7, 11) is 0. The van der Waals surface area contributed by atoms with Crippen LogP contribution in [0.25, 0.3) is 0 Å². The Bertz CT molecular complexity index is 714. The maximum Gasteiger partial charge on any atom is 0.191 e. The minimum absolute atomic E-state index is 0.0289. The second-order valence-electron chi connectivity index (χ2n) is 9.72. The van der Waals surface area contributed by atoms with E-state index in [0.29, 0.717) is 12.1 Å². The maximum absolute atomic E-state index is 5.70. The van der Waals surface area contributed by atoms with Gasteiger partial charge in [0.25, 0.3) is 0 Å². The normalized spacial score (nSPS) is 27.8. The van der Waals surface area contributed by atoms with Crippen molar-refractivity contribution in [3.63, 3.8) is 0 Å². The summed E-state index contributed by atoms with van der Waals surface area (Å²) in [6.07, 6.45) is 5.93. The molecular weight excluding hydrogens is 386 g/mol. The highest BCUT2D eigenvalue weighted by molar-refractivity contribution is 5.80. The Labute approximate surface area is 188 Å². The van der Waals surface area contributed by atoms with E-state index in [2.05, 4.69) is 72.0 Å². The van der Waals surface area contributed by atoms with Crippen molar-refractivity contribution in [3.05, 3.63) is 35.9 Å². The molecule has 0 spiro atoms. The van der Waals surface area contributed by atoms with Gasteiger partial charge in [0.2, 0.25) is 0 Å². The van der Waals surface area contributed by atoms with Gasteiger partial charge in [-0.1, -0.05) is 30.3 Å². The molecule has 3 unspecified atom stereocenters. The number of hydrogen-bond acceptors (Lipinski definition) is 4. The number of nitrogens with one attached hydrogen (secondary N) is 3. The van der Waals surface area contributed by atoms with Crippen LogP contribution in [0.4, 0.5) is 0 Å². The second-order valence-corrected chi connectivity index (χ2v) is 9.72. The first-order valence-electron chi connectivity index (χ1n) is 12.3. The van der Waals surface area contributed by atoms with Crippen LogP contribution in [0.15, 0.2) is 35.3 Å². The maximum atomic E-state index is 5.70. The summed E-state index contributed by atoms with van der Waals surface area (Å²) in [5.74, 6) is 0.956. The van der Waals surface area contributed by atoms with E-state index in [1.165, 1.54) is 24.8 Å². The smallest absolute Gasteiger partial charge is 0.191 e. The van der Waals surface area contributed by atoms with Crippen molar-refractivity contribution in [2.75, 3.05) is 32.8 Å². The van der Waals surface area contributed by atoms with Gasteiger partial charge in [-0.25, -0.2) is 0 Å². The molecular formula is C25H41N5O. The van der Waals surface area contributed by atoms with Crippen molar-refractivity contribution >= 4 is 5.96 Å². The van der Waals surface area contributed by atoms with Crippen LogP contribution in [0.2, 0.25) is 0 Å². The van der Waals surface area contributed by atoms with Gasteiger partial charge in [-0.15, -0.1) is 0 Å². The van der Waals surface area contributed by atoms with Crippen LogP contribution in [-0.4, -0.2) is 67.4 Å². The van der Waals surface area contributed by atoms with Gasteiger partial charge in [-0.2, -0.15) is 0 Å². The summed E-state index contributed by atoms with van der Waals surface area (Å²) in [4.78, 5) is 7.77. The molecule has 1 aliphatic carbocycles. The van der Waals surface area contributed by atoms with Crippen LogP contribution < -0.4 is 16.0 Å². The summed E-state index contributed by atoms with van der Waals surface area (Å²) in [6.45, 7) is 11.1. The minimum Gasteiger partial charge on any atom is -0.381 e. The highest BCUT2D eigenvalue weighted by Crippen LogP contribution is 2.33. The topological polar surface area (TPSA) is 60.9 Å². The van der Waals surface area contributed by atoms with Crippen LogP contribution in [0.5, 0.6) is 0 Å². The lowest BCUT2D eigenvalue weighted by Gasteiger charge is -2.39. The molecule has 0 bridgehead atoms. The average Bonchev–Trinajstić information content (AvgIpc) is 3.56. The predicted octanol–water partition coefficient (Wildman–Crippen LogP) is 3.07. The lowest BCUT2D eigenvalue weighted by molar-refractivity contribution is 0.0374. The highest BCUT2D eigenvalue weighted by Gasteiger charge is 2.39. The molecule has 2 saturated heterocycles. The fourth-order valence-corrected chi connectivity index (χ4v) is 5.21. The van der Waals surface area contributed by atoms with E-state index in [1.807, 2.05) is 0 Å². The zero-order valence-corrected chi connectivity index (χ0v) is 19.6. The van der Waals surface area contributed by atoms with Crippen LogP contribution in [0, 0.1) is 0 Å². The molecule has 6 nitrogen and oxygen atoms in total. The number of hydrogen-bond donors (Lipinski definition) is 3. The predicted molar refractivity (Wildman–Crippen MR) is 127 cm³/mol. The molecule has 1 aromatic carbocycles. The summed E-state index contributed by atoms with van der Waals surface area (Å²) < 4.78 is 5.70. The van der Waals surface area contributed by atoms with Gasteiger partial charge in [0, 0.05) is 56.0 Å². The summed E-state index contributed by atoms with van der Waals surface area (Å²) in [6, 6.07) is 13.0. The number of rotatable bonds is 8. The molecule has 3 aliphatic rings. The third kappa shape index (κ3) is 5.99. The molecule has 0 aromatic heterocycles. The van der Waals surface area contributed by atoms with Crippen molar-refractivity contribution in [3.8, 4) is 0 Å². The fraction of sp³-hybridized carbons (Fsp3) is 0.720. The van der Waals surface area contributed by atoms with Crippen molar-refractivity contribution in [2.45, 2.75) is 82.6 Å². The van der Waals surface area contributed by atoms with E-state index in [1.54, 1.807) is 0 Å². The van der Waals surface area contributed by atoms with E-state index in [4.69, 9.17) is 9.73 Å². The van der Waals surface area contributed by atoms with E-state index in [-0.39, 0.29) is 11.6 Å². The Morgan fingerprint density at radius 2 is 1.97 bits per heavy atom. The zero-order valence-electron chi connectivity index (χ0n) is 19.6. The third-order valence-corrected chi connectivity index (χ3v) is 7.14. The van der Waals surface area contributed by atoms with Gasteiger partial charge in [-0.05, 0) is 58.4 Å². The summed E-state index contributed by atoms with van der Waals surface area (Å²) in [5, 5.41) is 11.2. The average molecular weight is 428 g/mol. The summed E-state index contributed by atoms with van der Waals surface area (Å²) >= 11 is 0. The number of ether oxygens (including phenoxy) is 1. The van der Waals surface area contributed by atoms with Crippen molar-refractivity contribution in [2.24, 2.45) is 4.99 Å². The molecule has 2 heterocycles. The molecule has 31 heavy (non-hydrogen) atoms. The number of nitrogens with zero attached hydrogens (tertiary/aromatic N) is 2.